The Labute approximate surface area is 264 Å². The summed E-state index contributed by atoms with van der Waals surface area (Å²) in [6.07, 6.45) is -2.21. The van der Waals surface area contributed by atoms with E-state index < -0.39 is 29.5 Å². The lowest BCUT2D eigenvalue weighted by Gasteiger charge is -2.32. The normalized spacial score (nSPS) is 13.8. The van der Waals surface area contributed by atoms with Gasteiger partial charge in [0.1, 0.15) is 5.82 Å². The Bertz CT molecular complexity index is 1590. The van der Waals surface area contributed by atoms with Crippen molar-refractivity contribution in [3.8, 4) is 22.4 Å². The zero-order valence-electron chi connectivity index (χ0n) is 26.5. The number of hydrogen-bond donors (Lipinski definition) is 4. The second kappa shape index (κ2) is 14.2. The Kier molecular flexibility index (Phi) is 10.6. The Morgan fingerprint density at radius 2 is 1.44 bits per heavy atom. The van der Waals surface area contributed by atoms with Gasteiger partial charge < -0.3 is 25.2 Å². The quantitative estimate of drug-likeness (QED) is 0.131. The summed E-state index contributed by atoms with van der Waals surface area (Å²) in [7, 11) is 0. The first-order valence-electron chi connectivity index (χ1n) is 15.3. The predicted octanol–water partition coefficient (Wildman–Crippen LogP) is 7.59. The highest BCUT2D eigenvalue weighted by Crippen LogP contribution is 2.43. The van der Waals surface area contributed by atoms with Crippen LogP contribution in [0.2, 0.25) is 0 Å². The molecule has 4 rings (SSSR count). The van der Waals surface area contributed by atoms with Crippen LogP contribution in [0.4, 0.5) is 10.1 Å². The first kappa shape index (κ1) is 33.6. The number of aliphatic carboxylic acids is 1. The van der Waals surface area contributed by atoms with Crippen LogP contribution >= 0.6 is 0 Å². The molecule has 0 bridgehead atoms. The van der Waals surface area contributed by atoms with Gasteiger partial charge in [-0.2, -0.15) is 0 Å². The molecule has 4 aromatic rings. The molecular formula is C37H43FN2O5. The van der Waals surface area contributed by atoms with Crippen molar-refractivity contribution >= 4 is 17.6 Å². The van der Waals surface area contributed by atoms with Gasteiger partial charge in [-0.1, -0.05) is 83.1 Å². The van der Waals surface area contributed by atoms with E-state index in [0.717, 1.165) is 11.3 Å². The molecule has 0 saturated heterocycles. The molecule has 45 heavy (non-hydrogen) atoms. The highest BCUT2D eigenvalue weighted by Gasteiger charge is 2.38. The lowest BCUT2D eigenvalue weighted by atomic mass is 9.76. The summed E-state index contributed by atoms with van der Waals surface area (Å²) in [5.41, 5.74) is 4.05. The lowest BCUT2D eigenvalue weighted by molar-refractivity contribution is -0.152. The summed E-state index contributed by atoms with van der Waals surface area (Å²) in [6.45, 7) is 9.50. The minimum atomic E-state index is -1.25. The fraction of sp³-hybridized carbons (Fsp3) is 0.351. The zero-order chi connectivity index (χ0) is 32.9. The van der Waals surface area contributed by atoms with E-state index in [2.05, 4.69) is 5.32 Å². The van der Waals surface area contributed by atoms with Crippen molar-refractivity contribution in [2.45, 2.75) is 72.1 Å². The number of aromatic nitrogens is 1. The molecule has 1 heterocycles. The third-order valence-corrected chi connectivity index (χ3v) is 8.07. The fourth-order valence-electron chi connectivity index (χ4n) is 6.13. The van der Waals surface area contributed by atoms with E-state index >= 15 is 0 Å². The number of aliphatic hydroxyl groups excluding tert-OH is 2. The van der Waals surface area contributed by atoms with Gasteiger partial charge in [0.15, 0.2) is 0 Å². The van der Waals surface area contributed by atoms with Crippen LogP contribution in [0.3, 0.4) is 0 Å². The Balaban J connectivity index is 1.85. The van der Waals surface area contributed by atoms with Crippen LogP contribution in [0, 0.1) is 17.2 Å². The molecule has 0 fully saturated rings. The summed E-state index contributed by atoms with van der Waals surface area (Å²) < 4.78 is 16.1. The van der Waals surface area contributed by atoms with Crippen molar-refractivity contribution in [3.05, 3.63) is 102 Å². The first-order valence-corrected chi connectivity index (χ1v) is 15.3. The molecule has 0 saturated carbocycles. The molecule has 1 amide bonds. The maximum Gasteiger partial charge on any atom is 0.309 e. The number of nitrogens with one attached hydrogen (secondary N) is 1. The smallest absolute Gasteiger partial charge is 0.309 e. The topological polar surface area (TPSA) is 112 Å². The van der Waals surface area contributed by atoms with Gasteiger partial charge in [-0.25, -0.2) is 4.39 Å². The largest absolute Gasteiger partial charge is 0.481 e. The molecule has 4 N–H and O–H groups in total. The van der Waals surface area contributed by atoms with Crippen molar-refractivity contribution in [1.82, 2.24) is 4.57 Å². The number of para-hydroxylation sites is 1. The molecule has 0 aliphatic carbocycles. The molecular weight excluding hydrogens is 571 g/mol. The zero-order valence-corrected chi connectivity index (χ0v) is 26.5. The predicted molar refractivity (Wildman–Crippen MR) is 176 cm³/mol. The number of nitrogens with zero attached hydrogens (tertiary/aromatic N) is 1. The van der Waals surface area contributed by atoms with Crippen molar-refractivity contribution in [2.24, 2.45) is 11.3 Å². The number of carboxylic acids is 1. The van der Waals surface area contributed by atoms with Crippen molar-refractivity contribution in [3.63, 3.8) is 0 Å². The number of benzene rings is 3. The minimum Gasteiger partial charge on any atom is -0.481 e. The number of amides is 1. The number of carbonyl (C=O) groups excluding carboxylic acids is 1. The number of halogens is 1. The first-order chi connectivity index (χ1) is 21.3. The van der Waals surface area contributed by atoms with Crippen LogP contribution < -0.4 is 5.32 Å². The van der Waals surface area contributed by atoms with Gasteiger partial charge >= 0.3 is 5.97 Å². The van der Waals surface area contributed by atoms with Crippen LogP contribution in [0.15, 0.2) is 84.9 Å². The summed E-state index contributed by atoms with van der Waals surface area (Å²) in [6, 6.07) is 24.9. The Morgan fingerprint density at radius 1 is 0.867 bits per heavy atom. The van der Waals surface area contributed by atoms with E-state index in [0.29, 0.717) is 28.1 Å². The van der Waals surface area contributed by atoms with Crippen LogP contribution in [0.5, 0.6) is 0 Å². The van der Waals surface area contributed by atoms with Crippen molar-refractivity contribution in [2.75, 3.05) is 5.32 Å². The molecule has 0 aliphatic rings. The van der Waals surface area contributed by atoms with Gasteiger partial charge in [0, 0.05) is 29.9 Å². The molecule has 0 aliphatic heterocycles. The van der Waals surface area contributed by atoms with Crippen molar-refractivity contribution < 1.29 is 29.3 Å². The lowest BCUT2D eigenvalue weighted by Crippen LogP contribution is -2.40. The van der Waals surface area contributed by atoms with Gasteiger partial charge in [0.2, 0.25) is 0 Å². The highest BCUT2D eigenvalue weighted by atomic mass is 19.1. The molecule has 1 aromatic heterocycles. The number of hydrogen-bond acceptors (Lipinski definition) is 4. The van der Waals surface area contributed by atoms with E-state index in [9.17, 15) is 29.3 Å². The molecule has 0 spiro atoms. The van der Waals surface area contributed by atoms with Crippen LogP contribution in [0.1, 0.15) is 69.4 Å². The summed E-state index contributed by atoms with van der Waals surface area (Å²) >= 11 is 0. The fourth-order valence-corrected chi connectivity index (χ4v) is 6.13. The van der Waals surface area contributed by atoms with E-state index in [4.69, 9.17) is 0 Å². The summed E-state index contributed by atoms with van der Waals surface area (Å²) in [4.78, 5) is 26.1. The third-order valence-electron chi connectivity index (χ3n) is 8.07. The van der Waals surface area contributed by atoms with E-state index in [-0.39, 0.29) is 37.0 Å². The second-order valence-electron chi connectivity index (χ2n) is 12.9. The number of anilines is 1. The maximum atomic E-state index is 14.2. The molecule has 238 valence electrons. The van der Waals surface area contributed by atoms with Crippen LogP contribution in [-0.2, 0) is 11.3 Å². The number of carboxylic acid groups (broad SMARTS) is 1. The summed E-state index contributed by atoms with van der Waals surface area (Å²) in [5.74, 6) is -2.98. The minimum absolute atomic E-state index is 0.120. The number of rotatable bonds is 12. The number of aliphatic hydroxyl groups is 2. The van der Waals surface area contributed by atoms with E-state index in [1.165, 1.54) is 12.1 Å². The molecule has 0 radical (unpaired) electrons. The van der Waals surface area contributed by atoms with Gasteiger partial charge in [0.05, 0.1) is 29.4 Å². The second-order valence-corrected chi connectivity index (χ2v) is 12.9. The van der Waals surface area contributed by atoms with E-state index in [1.807, 2.05) is 79.1 Å². The van der Waals surface area contributed by atoms with Crippen LogP contribution in [0.25, 0.3) is 22.4 Å². The Hall–Kier alpha value is -4.27. The maximum absolute atomic E-state index is 14.2. The van der Waals surface area contributed by atoms with Crippen LogP contribution in [-0.4, -0.2) is 44.0 Å². The van der Waals surface area contributed by atoms with Gasteiger partial charge in [-0.15, -0.1) is 0 Å². The SMILES string of the molecule is CC(C)c1c(C(=O)Nc2ccccc2)c(-c2ccccc2)c(-c2ccc(F)cc2)n1CC[C@@H](O)C[C@@H](O)C(C(=O)O)C(C)(C)C. The number of carbonyl (C=O) groups is 2. The molecule has 3 atom stereocenters. The van der Waals surface area contributed by atoms with E-state index in [1.54, 1.807) is 32.9 Å². The molecule has 1 unspecified atom stereocenters. The third kappa shape index (κ3) is 7.88. The highest BCUT2D eigenvalue weighted by molar-refractivity contribution is 6.12. The standard InChI is InChI=1S/C37H43FN2O5/c1-23(2)33-31(35(43)39-27-14-10-7-11-15-27)30(24-12-8-6-9-13-24)34(25-16-18-26(38)19-17-25)40(33)21-20-28(41)22-29(42)32(36(44)45)37(3,4)5/h6-19,23,28-29,32,41-42H,20-22H2,1-5H3,(H,39,43)(H,44,45)/t28-,29-,32?/m1/s1. The Morgan fingerprint density at radius 3 is 1.98 bits per heavy atom. The average Bonchev–Trinajstić information content (AvgIpc) is 3.32. The molecule has 3 aromatic carbocycles. The van der Waals surface area contributed by atoms with Gasteiger partial charge in [-0.05, 0) is 65.3 Å². The summed E-state index contributed by atoms with van der Waals surface area (Å²) in [5, 5.41) is 34.8. The molecule has 8 heteroatoms. The van der Waals surface area contributed by atoms with Gasteiger partial charge in [0.25, 0.3) is 5.91 Å². The van der Waals surface area contributed by atoms with Gasteiger partial charge in [-0.3, -0.25) is 9.59 Å². The monoisotopic (exact) mass is 614 g/mol. The molecule has 7 nitrogen and oxygen atoms in total. The average molecular weight is 615 g/mol. The van der Waals surface area contributed by atoms with Crippen molar-refractivity contribution in [1.29, 1.82) is 0 Å².